The number of rotatable bonds is 9. The summed E-state index contributed by atoms with van der Waals surface area (Å²) >= 11 is 0. The van der Waals surface area contributed by atoms with Gasteiger partial charge in [0.05, 0.1) is 13.3 Å². The number of carbonyl (C=O) groups is 2. The Morgan fingerprint density at radius 3 is 2.62 bits per heavy atom. The van der Waals surface area contributed by atoms with Gasteiger partial charge in [-0.1, -0.05) is 12.1 Å². The number of ether oxygens (including phenoxy) is 2. The number of benzene rings is 2. The number of hydrogen-bond acceptors (Lipinski definition) is 8. The third-order valence-electron chi connectivity index (χ3n) is 4.43. The van der Waals surface area contributed by atoms with Crippen molar-refractivity contribution in [3.05, 3.63) is 66.1 Å². The zero-order chi connectivity index (χ0) is 22.9. The number of aromatic nitrogens is 2. The van der Waals surface area contributed by atoms with Crippen molar-refractivity contribution in [3.63, 3.8) is 0 Å². The first kappa shape index (κ1) is 22.3. The predicted octanol–water partition coefficient (Wildman–Crippen LogP) is 2.11. The smallest absolute Gasteiger partial charge is 0.251 e. The monoisotopic (exact) mass is 437 g/mol. The van der Waals surface area contributed by atoms with Crippen molar-refractivity contribution in [1.29, 1.82) is 0 Å². The van der Waals surface area contributed by atoms with Gasteiger partial charge in [0, 0.05) is 18.5 Å². The van der Waals surface area contributed by atoms with Crippen LogP contribution in [-0.2, 0) is 11.4 Å². The summed E-state index contributed by atoms with van der Waals surface area (Å²) in [5.41, 5.74) is 7.08. The number of phenols is 1. The standard InChI is InChI=1S/C22H23N5O5/c1-31-16-5-2-14(3-6-16)12-32-19-7-4-15(10-18(19)28)22(30)25-9-8-20(29)27-17-11-24-13-26-21(17)23/h2-7,10-11,13,28H,8-9,12H2,1H3,(H,25,30)(H,27,29)(H2,23,24,26). The molecular weight excluding hydrogens is 414 g/mol. The van der Waals surface area contributed by atoms with Crippen molar-refractivity contribution in [2.24, 2.45) is 0 Å². The molecular formula is C22H23N5O5. The summed E-state index contributed by atoms with van der Waals surface area (Å²) in [7, 11) is 1.59. The molecule has 0 saturated carbocycles. The minimum absolute atomic E-state index is 0.0229. The van der Waals surface area contributed by atoms with Crippen molar-refractivity contribution >= 4 is 23.3 Å². The molecule has 3 rings (SSSR count). The lowest BCUT2D eigenvalue weighted by Gasteiger charge is -2.11. The number of carbonyl (C=O) groups excluding carboxylic acids is 2. The van der Waals surface area contributed by atoms with Gasteiger partial charge in [-0.2, -0.15) is 0 Å². The Morgan fingerprint density at radius 2 is 1.94 bits per heavy atom. The fraction of sp³-hybridized carbons (Fsp3) is 0.182. The third-order valence-corrected chi connectivity index (χ3v) is 4.43. The molecule has 2 amide bonds. The second-order valence-electron chi connectivity index (χ2n) is 6.69. The number of anilines is 2. The summed E-state index contributed by atoms with van der Waals surface area (Å²) < 4.78 is 10.7. The van der Waals surface area contributed by atoms with E-state index in [1.807, 2.05) is 24.3 Å². The van der Waals surface area contributed by atoms with Crippen LogP contribution in [-0.4, -0.2) is 40.5 Å². The van der Waals surface area contributed by atoms with Crippen LogP contribution in [0.4, 0.5) is 11.5 Å². The van der Waals surface area contributed by atoms with Gasteiger partial charge in [-0.15, -0.1) is 0 Å². The molecule has 0 aliphatic rings. The van der Waals surface area contributed by atoms with Crippen LogP contribution in [0.3, 0.4) is 0 Å². The maximum absolute atomic E-state index is 12.3. The third kappa shape index (κ3) is 6.08. The topological polar surface area (TPSA) is 149 Å². The Labute approximate surface area is 184 Å². The molecule has 2 aromatic carbocycles. The molecule has 32 heavy (non-hydrogen) atoms. The van der Waals surface area contributed by atoms with Gasteiger partial charge in [0.15, 0.2) is 17.3 Å². The molecule has 0 unspecified atom stereocenters. The van der Waals surface area contributed by atoms with Gasteiger partial charge in [0.2, 0.25) is 5.91 Å². The summed E-state index contributed by atoms with van der Waals surface area (Å²) in [6, 6.07) is 11.7. The second kappa shape index (κ2) is 10.6. The van der Waals surface area contributed by atoms with Crippen LogP contribution < -0.4 is 25.8 Å². The summed E-state index contributed by atoms with van der Waals surface area (Å²) in [5.74, 6) is 0.196. The highest BCUT2D eigenvalue weighted by molar-refractivity contribution is 5.96. The Morgan fingerprint density at radius 1 is 1.16 bits per heavy atom. The Kier molecular flexibility index (Phi) is 7.42. The predicted molar refractivity (Wildman–Crippen MR) is 117 cm³/mol. The Hall–Kier alpha value is -4.34. The molecule has 10 heteroatoms. The first-order valence-electron chi connectivity index (χ1n) is 9.68. The Bertz CT molecular complexity index is 1090. The molecule has 0 fully saturated rings. The van der Waals surface area contributed by atoms with Gasteiger partial charge in [0.1, 0.15) is 24.4 Å². The van der Waals surface area contributed by atoms with Gasteiger partial charge < -0.3 is 30.9 Å². The summed E-state index contributed by atoms with van der Waals surface area (Å²) in [4.78, 5) is 31.8. The fourth-order valence-corrected chi connectivity index (χ4v) is 2.70. The number of nitrogen functional groups attached to an aromatic ring is 1. The lowest BCUT2D eigenvalue weighted by molar-refractivity contribution is -0.116. The molecule has 0 aliphatic heterocycles. The quantitative estimate of drug-likeness (QED) is 0.398. The fourth-order valence-electron chi connectivity index (χ4n) is 2.70. The molecule has 1 aromatic heterocycles. The van der Waals surface area contributed by atoms with E-state index in [2.05, 4.69) is 20.6 Å². The largest absolute Gasteiger partial charge is 0.504 e. The highest BCUT2D eigenvalue weighted by Crippen LogP contribution is 2.28. The maximum Gasteiger partial charge on any atom is 0.251 e. The second-order valence-corrected chi connectivity index (χ2v) is 6.69. The lowest BCUT2D eigenvalue weighted by atomic mass is 10.2. The van der Waals surface area contributed by atoms with E-state index in [9.17, 15) is 14.7 Å². The maximum atomic E-state index is 12.3. The van der Waals surface area contributed by atoms with E-state index < -0.39 is 5.91 Å². The number of aromatic hydroxyl groups is 1. The van der Waals surface area contributed by atoms with Gasteiger partial charge in [0.25, 0.3) is 5.91 Å². The first-order chi connectivity index (χ1) is 15.5. The number of nitrogens with two attached hydrogens (primary N) is 1. The van der Waals surface area contributed by atoms with Crippen LogP contribution in [0, 0.1) is 0 Å². The molecule has 0 aliphatic carbocycles. The van der Waals surface area contributed by atoms with Gasteiger partial charge in [-0.25, -0.2) is 9.97 Å². The minimum Gasteiger partial charge on any atom is -0.504 e. The molecule has 5 N–H and O–H groups in total. The molecule has 166 valence electrons. The first-order valence-corrected chi connectivity index (χ1v) is 9.68. The number of methoxy groups -OCH3 is 1. The van der Waals surface area contributed by atoms with Crippen LogP contribution in [0.2, 0.25) is 0 Å². The van der Waals surface area contributed by atoms with E-state index >= 15 is 0 Å². The zero-order valence-electron chi connectivity index (χ0n) is 17.4. The number of amides is 2. The summed E-state index contributed by atoms with van der Waals surface area (Å²) in [5, 5.41) is 15.4. The number of nitrogens with zero attached hydrogens (tertiary/aromatic N) is 2. The minimum atomic E-state index is -0.433. The summed E-state index contributed by atoms with van der Waals surface area (Å²) in [6.07, 6.45) is 2.69. The van der Waals surface area contributed by atoms with Crippen LogP contribution in [0.5, 0.6) is 17.2 Å². The van der Waals surface area contributed by atoms with Gasteiger partial charge in [-0.05, 0) is 35.9 Å². The van der Waals surface area contributed by atoms with Crippen LogP contribution in [0.25, 0.3) is 0 Å². The van der Waals surface area contributed by atoms with E-state index in [4.69, 9.17) is 15.2 Å². The van der Waals surface area contributed by atoms with Crippen molar-refractivity contribution in [2.45, 2.75) is 13.0 Å². The van der Waals surface area contributed by atoms with Gasteiger partial charge >= 0.3 is 0 Å². The van der Waals surface area contributed by atoms with Crippen molar-refractivity contribution in [3.8, 4) is 17.2 Å². The molecule has 0 atom stereocenters. The van der Waals surface area contributed by atoms with Crippen LogP contribution in [0.1, 0.15) is 22.3 Å². The normalized spacial score (nSPS) is 10.3. The highest BCUT2D eigenvalue weighted by Gasteiger charge is 2.12. The van der Waals surface area contributed by atoms with Crippen LogP contribution >= 0.6 is 0 Å². The molecule has 0 spiro atoms. The van der Waals surface area contributed by atoms with E-state index in [-0.39, 0.29) is 48.4 Å². The van der Waals surface area contributed by atoms with E-state index in [0.717, 1.165) is 11.3 Å². The molecule has 3 aromatic rings. The molecule has 0 saturated heterocycles. The molecule has 10 nitrogen and oxygen atoms in total. The van der Waals surface area contributed by atoms with Crippen molar-refractivity contribution in [1.82, 2.24) is 15.3 Å². The zero-order valence-corrected chi connectivity index (χ0v) is 17.4. The average Bonchev–Trinajstić information content (AvgIpc) is 2.80. The lowest BCUT2D eigenvalue weighted by Crippen LogP contribution is -2.27. The highest BCUT2D eigenvalue weighted by atomic mass is 16.5. The van der Waals surface area contributed by atoms with Crippen molar-refractivity contribution < 1.29 is 24.2 Å². The van der Waals surface area contributed by atoms with Gasteiger partial charge in [-0.3, -0.25) is 9.59 Å². The number of nitrogens with one attached hydrogen (secondary N) is 2. The van der Waals surface area contributed by atoms with E-state index in [1.54, 1.807) is 7.11 Å². The molecule has 1 heterocycles. The number of hydrogen-bond donors (Lipinski definition) is 4. The summed E-state index contributed by atoms with van der Waals surface area (Å²) in [6.45, 7) is 0.337. The molecule has 0 bridgehead atoms. The van der Waals surface area contributed by atoms with Crippen LogP contribution in [0.15, 0.2) is 55.0 Å². The Balaban J connectivity index is 1.47. The molecule has 0 radical (unpaired) electrons. The number of phenolic OH excluding ortho intramolecular Hbond substituents is 1. The van der Waals surface area contributed by atoms with E-state index in [1.165, 1.54) is 30.7 Å². The van der Waals surface area contributed by atoms with Crippen molar-refractivity contribution in [2.75, 3.05) is 24.7 Å². The van der Waals surface area contributed by atoms with E-state index in [0.29, 0.717) is 5.69 Å². The average molecular weight is 437 g/mol. The SMILES string of the molecule is COc1ccc(COc2ccc(C(=O)NCCC(=O)Nc3cncnc3N)cc2O)cc1.